The molecule has 9 heteroatoms. The summed E-state index contributed by atoms with van der Waals surface area (Å²) in [5.74, 6) is -0.715. The molecule has 1 amide bonds. The molecule has 1 unspecified atom stereocenters. The quantitative estimate of drug-likeness (QED) is 0.339. The third-order valence-electron chi connectivity index (χ3n) is 4.47. The lowest BCUT2D eigenvalue weighted by Crippen LogP contribution is -2.58. The van der Waals surface area contributed by atoms with Crippen LogP contribution in [0, 0.1) is 0 Å². The number of benzene rings is 2. The lowest BCUT2D eigenvalue weighted by molar-refractivity contribution is -0.157. The number of esters is 1. The van der Waals surface area contributed by atoms with E-state index in [1.165, 1.54) is 13.8 Å². The molecule has 0 aromatic heterocycles. The maximum absolute atomic E-state index is 15.0. The molecule has 178 valence electrons. The first-order valence-electron chi connectivity index (χ1n) is 10.4. The van der Waals surface area contributed by atoms with Gasteiger partial charge in [0.1, 0.15) is 12.3 Å². The van der Waals surface area contributed by atoms with Crippen LogP contribution in [0.15, 0.2) is 59.1 Å². The molecular formula is C24H28BrFN2O4S. The van der Waals surface area contributed by atoms with E-state index in [1.807, 2.05) is 30.3 Å². The summed E-state index contributed by atoms with van der Waals surface area (Å²) in [7, 11) is 0. The molecule has 0 aliphatic carbocycles. The van der Waals surface area contributed by atoms with Crippen LogP contribution in [0.4, 0.5) is 9.18 Å². The third kappa shape index (κ3) is 8.40. The zero-order chi connectivity index (χ0) is 24.6. The SMILES string of the molecule is CC(C)OC(=O)C(CC(C)(C)F)(NC(=S)NC(=O)OCc1ccccc1)c1ccc(Br)cc1. The van der Waals surface area contributed by atoms with Crippen molar-refractivity contribution >= 4 is 45.3 Å². The molecule has 0 fully saturated rings. The standard InChI is InChI=1S/C24H28BrFN2O4S/c1-16(2)32-20(29)24(15-23(3,4)26,18-10-12-19(25)13-11-18)28-21(33)27-22(30)31-14-17-8-6-5-7-9-17/h5-13,16H,14-15H2,1-4H3,(H2,27,28,30,33). The Balaban J connectivity index is 2.29. The Hall–Kier alpha value is -2.52. The van der Waals surface area contributed by atoms with Crippen molar-refractivity contribution in [3.8, 4) is 0 Å². The summed E-state index contributed by atoms with van der Waals surface area (Å²) in [4.78, 5) is 25.6. The van der Waals surface area contributed by atoms with Gasteiger partial charge in [-0.1, -0.05) is 58.4 Å². The van der Waals surface area contributed by atoms with E-state index in [4.69, 9.17) is 21.7 Å². The lowest BCUT2D eigenvalue weighted by atomic mass is 9.81. The number of alkyl halides is 1. The van der Waals surface area contributed by atoms with Crippen molar-refractivity contribution in [2.24, 2.45) is 0 Å². The van der Waals surface area contributed by atoms with Crippen LogP contribution in [0.1, 0.15) is 45.2 Å². The summed E-state index contributed by atoms with van der Waals surface area (Å²) in [6.45, 7) is 6.15. The second-order valence-corrected chi connectivity index (χ2v) is 9.73. The summed E-state index contributed by atoms with van der Waals surface area (Å²) in [6, 6.07) is 15.9. The Morgan fingerprint density at radius 2 is 1.70 bits per heavy atom. The summed E-state index contributed by atoms with van der Waals surface area (Å²) < 4.78 is 26.4. The smallest absolute Gasteiger partial charge is 0.413 e. The number of thiocarbonyl (C=S) groups is 1. The number of ether oxygens (including phenoxy) is 2. The average molecular weight is 539 g/mol. The van der Waals surface area contributed by atoms with Crippen LogP contribution in [0.3, 0.4) is 0 Å². The molecule has 2 N–H and O–H groups in total. The largest absolute Gasteiger partial charge is 0.461 e. The van der Waals surface area contributed by atoms with Crippen LogP contribution < -0.4 is 10.6 Å². The zero-order valence-electron chi connectivity index (χ0n) is 19.0. The van der Waals surface area contributed by atoms with E-state index >= 15 is 0 Å². The Bertz CT molecular complexity index is 965. The third-order valence-corrected chi connectivity index (χ3v) is 5.20. The van der Waals surface area contributed by atoms with Gasteiger partial charge in [-0.15, -0.1) is 0 Å². The number of alkyl carbamates (subject to hydrolysis) is 1. The van der Waals surface area contributed by atoms with Crippen molar-refractivity contribution in [1.29, 1.82) is 0 Å². The first-order valence-corrected chi connectivity index (χ1v) is 11.6. The molecule has 33 heavy (non-hydrogen) atoms. The van der Waals surface area contributed by atoms with E-state index in [-0.39, 0.29) is 18.1 Å². The van der Waals surface area contributed by atoms with Crippen LogP contribution in [-0.4, -0.2) is 28.9 Å². The molecule has 0 saturated carbocycles. The van der Waals surface area contributed by atoms with Crippen molar-refractivity contribution in [3.63, 3.8) is 0 Å². The van der Waals surface area contributed by atoms with Crippen molar-refractivity contribution in [3.05, 3.63) is 70.2 Å². The first-order chi connectivity index (χ1) is 15.4. The maximum Gasteiger partial charge on any atom is 0.413 e. The molecule has 2 aromatic carbocycles. The molecule has 6 nitrogen and oxygen atoms in total. The van der Waals surface area contributed by atoms with Gasteiger partial charge in [0, 0.05) is 10.9 Å². The molecule has 0 aliphatic heterocycles. The van der Waals surface area contributed by atoms with Gasteiger partial charge in [-0.2, -0.15) is 0 Å². The van der Waals surface area contributed by atoms with E-state index in [9.17, 15) is 14.0 Å². The van der Waals surface area contributed by atoms with Gasteiger partial charge in [-0.05, 0) is 63.2 Å². The van der Waals surface area contributed by atoms with Crippen molar-refractivity contribution < 1.29 is 23.5 Å². The maximum atomic E-state index is 15.0. The van der Waals surface area contributed by atoms with E-state index in [0.717, 1.165) is 10.0 Å². The van der Waals surface area contributed by atoms with Gasteiger partial charge in [0.25, 0.3) is 0 Å². The first kappa shape index (κ1) is 26.7. The van der Waals surface area contributed by atoms with Gasteiger partial charge < -0.3 is 14.8 Å². The predicted octanol–water partition coefficient (Wildman–Crippen LogP) is 5.54. The molecule has 2 aromatic rings. The van der Waals surface area contributed by atoms with E-state index in [0.29, 0.717) is 5.56 Å². The zero-order valence-corrected chi connectivity index (χ0v) is 21.4. The molecule has 0 aliphatic rings. The van der Waals surface area contributed by atoms with E-state index in [1.54, 1.807) is 38.1 Å². The molecular weight excluding hydrogens is 511 g/mol. The van der Waals surface area contributed by atoms with Crippen molar-refractivity contribution in [1.82, 2.24) is 10.6 Å². The highest BCUT2D eigenvalue weighted by Crippen LogP contribution is 2.35. The molecule has 0 saturated heterocycles. The van der Waals surface area contributed by atoms with Gasteiger partial charge in [-0.25, -0.2) is 14.0 Å². The number of nitrogens with one attached hydrogen (secondary N) is 2. The summed E-state index contributed by atoms with van der Waals surface area (Å²) in [6.07, 6.45) is -1.55. The summed E-state index contributed by atoms with van der Waals surface area (Å²) in [5, 5.41) is 5.05. The highest BCUT2D eigenvalue weighted by Gasteiger charge is 2.47. The predicted molar refractivity (Wildman–Crippen MR) is 132 cm³/mol. The number of carbonyl (C=O) groups excluding carboxylic acids is 2. The molecule has 2 rings (SSSR count). The Morgan fingerprint density at radius 1 is 1.09 bits per heavy atom. The van der Waals surface area contributed by atoms with Crippen LogP contribution in [0.5, 0.6) is 0 Å². The summed E-state index contributed by atoms with van der Waals surface area (Å²) >= 11 is 8.66. The second-order valence-electron chi connectivity index (χ2n) is 8.40. The van der Waals surface area contributed by atoms with Crippen LogP contribution in [0.25, 0.3) is 0 Å². The number of rotatable bonds is 8. The average Bonchev–Trinajstić information content (AvgIpc) is 2.71. The number of amides is 1. The molecule has 0 radical (unpaired) electrons. The summed E-state index contributed by atoms with van der Waals surface area (Å²) in [5.41, 5.74) is -2.23. The number of halogens is 2. The van der Waals surface area contributed by atoms with Crippen molar-refractivity contribution in [2.45, 2.75) is 58.0 Å². The van der Waals surface area contributed by atoms with Crippen LogP contribution in [0.2, 0.25) is 0 Å². The fourth-order valence-corrected chi connectivity index (χ4v) is 3.74. The van der Waals surface area contributed by atoms with E-state index < -0.39 is 29.4 Å². The lowest BCUT2D eigenvalue weighted by Gasteiger charge is -2.37. The monoisotopic (exact) mass is 538 g/mol. The normalized spacial score (nSPS) is 13.1. The molecule has 0 heterocycles. The fourth-order valence-electron chi connectivity index (χ4n) is 3.22. The van der Waals surface area contributed by atoms with Gasteiger partial charge >= 0.3 is 12.1 Å². The Kier molecular flexibility index (Phi) is 9.36. The highest BCUT2D eigenvalue weighted by atomic mass is 79.9. The highest BCUT2D eigenvalue weighted by molar-refractivity contribution is 9.10. The van der Waals surface area contributed by atoms with Crippen LogP contribution in [-0.2, 0) is 26.4 Å². The Morgan fingerprint density at radius 3 is 2.24 bits per heavy atom. The second kappa shape index (κ2) is 11.6. The van der Waals surface area contributed by atoms with Crippen LogP contribution >= 0.6 is 28.1 Å². The van der Waals surface area contributed by atoms with E-state index in [2.05, 4.69) is 26.6 Å². The van der Waals surface area contributed by atoms with Crippen molar-refractivity contribution in [2.75, 3.05) is 0 Å². The molecule has 0 spiro atoms. The van der Waals surface area contributed by atoms with Gasteiger partial charge in [0.2, 0.25) is 0 Å². The fraction of sp³-hybridized carbons (Fsp3) is 0.375. The number of hydrogen-bond donors (Lipinski definition) is 2. The Labute approximate surface area is 207 Å². The van der Waals surface area contributed by atoms with Gasteiger partial charge in [0.05, 0.1) is 6.10 Å². The molecule has 0 bridgehead atoms. The molecule has 1 atom stereocenters. The van der Waals surface area contributed by atoms with Gasteiger partial charge in [0.15, 0.2) is 10.7 Å². The minimum Gasteiger partial charge on any atom is -0.461 e. The number of hydrogen-bond acceptors (Lipinski definition) is 5. The minimum atomic E-state index is -1.78. The minimum absolute atomic E-state index is 0.0417. The van der Waals surface area contributed by atoms with Gasteiger partial charge in [-0.3, -0.25) is 5.32 Å². The number of carbonyl (C=O) groups is 2. The topological polar surface area (TPSA) is 76.7 Å².